The van der Waals surface area contributed by atoms with Gasteiger partial charge in [0.05, 0.1) is 12.7 Å². The van der Waals surface area contributed by atoms with Gasteiger partial charge < -0.3 is 10.1 Å². The van der Waals surface area contributed by atoms with Crippen LogP contribution in [0.4, 0.5) is 0 Å². The van der Waals surface area contributed by atoms with E-state index in [0.29, 0.717) is 19.1 Å². The molecule has 0 radical (unpaired) electrons. The van der Waals surface area contributed by atoms with E-state index >= 15 is 0 Å². The Bertz CT molecular complexity index is 353. The van der Waals surface area contributed by atoms with Crippen LogP contribution in [-0.4, -0.2) is 13.7 Å². The molecule has 0 aromatic heterocycles. The van der Waals surface area contributed by atoms with Crippen LogP contribution in [0, 0.1) is 11.3 Å². The maximum atomic E-state index is 8.39. The third kappa shape index (κ3) is 4.88. The first-order chi connectivity index (χ1) is 8.27. The van der Waals surface area contributed by atoms with Gasteiger partial charge in [-0.1, -0.05) is 12.1 Å². The maximum Gasteiger partial charge on any atom is 0.119 e. The molecule has 0 saturated heterocycles. The highest BCUT2D eigenvalue weighted by molar-refractivity contribution is 5.28. The Hall–Kier alpha value is -1.53. The van der Waals surface area contributed by atoms with Gasteiger partial charge in [-0.3, -0.25) is 0 Å². The monoisotopic (exact) mass is 232 g/mol. The molecule has 0 spiro atoms. The summed E-state index contributed by atoms with van der Waals surface area (Å²) in [7, 11) is 1.95. The van der Waals surface area contributed by atoms with Gasteiger partial charge in [0.2, 0.25) is 0 Å². The summed E-state index contributed by atoms with van der Waals surface area (Å²) in [6.07, 6.45) is 2.45. The predicted molar refractivity (Wildman–Crippen MR) is 68.9 cm³/mol. The summed E-state index contributed by atoms with van der Waals surface area (Å²) in [6, 6.07) is 10.6. The molecule has 0 saturated carbocycles. The van der Waals surface area contributed by atoms with Gasteiger partial charge in [0.1, 0.15) is 5.75 Å². The lowest BCUT2D eigenvalue weighted by Gasteiger charge is -2.11. The average molecular weight is 232 g/mol. The van der Waals surface area contributed by atoms with E-state index in [1.807, 2.05) is 19.2 Å². The minimum Gasteiger partial charge on any atom is -0.494 e. The van der Waals surface area contributed by atoms with E-state index in [0.717, 1.165) is 18.6 Å². The standard InChI is InChI=1S/C14H20N2O/c1-12(16-2)13-6-8-14(9-7-13)17-11-5-3-4-10-15/h6-9,12,16H,3-5,11H2,1-2H3. The van der Waals surface area contributed by atoms with Crippen molar-refractivity contribution in [3.05, 3.63) is 29.8 Å². The van der Waals surface area contributed by atoms with Gasteiger partial charge in [0.25, 0.3) is 0 Å². The summed E-state index contributed by atoms with van der Waals surface area (Å²) < 4.78 is 5.59. The minimum atomic E-state index is 0.361. The molecular weight excluding hydrogens is 212 g/mol. The quantitative estimate of drug-likeness (QED) is 0.735. The highest BCUT2D eigenvalue weighted by Gasteiger charge is 2.01. The second kappa shape index (κ2) is 7.70. The molecule has 92 valence electrons. The number of nitrogens with one attached hydrogen (secondary N) is 1. The Balaban J connectivity index is 2.33. The third-order valence-electron chi connectivity index (χ3n) is 2.76. The second-order valence-corrected chi connectivity index (χ2v) is 4.04. The summed E-state index contributed by atoms with van der Waals surface area (Å²) in [5, 5.41) is 11.6. The molecular formula is C14H20N2O. The first kappa shape index (κ1) is 13.5. The summed E-state index contributed by atoms with van der Waals surface area (Å²) in [5.41, 5.74) is 1.25. The van der Waals surface area contributed by atoms with Crippen molar-refractivity contribution in [2.45, 2.75) is 32.2 Å². The molecule has 3 nitrogen and oxygen atoms in total. The number of nitriles is 1. The highest BCUT2D eigenvalue weighted by atomic mass is 16.5. The van der Waals surface area contributed by atoms with E-state index in [4.69, 9.17) is 10.00 Å². The number of unbranched alkanes of at least 4 members (excludes halogenated alkanes) is 2. The average Bonchev–Trinajstić information content (AvgIpc) is 2.38. The van der Waals surface area contributed by atoms with Crippen molar-refractivity contribution >= 4 is 0 Å². The van der Waals surface area contributed by atoms with Gasteiger partial charge in [-0.2, -0.15) is 5.26 Å². The Kier molecular flexibility index (Phi) is 6.13. The first-order valence-electron chi connectivity index (χ1n) is 6.05. The number of rotatable bonds is 7. The largest absolute Gasteiger partial charge is 0.494 e. The Labute approximate surface area is 103 Å². The number of nitrogens with zero attached hydrogens (tertiary/aromatic N) is 1. The van der Waals surface area contributed by atoms with Gasteiger partial charge in [0, 0.05) is 12.5 Å². The van der Waals surface area contributed by atoms with Gasteiger partial charge in [-0.25, -0.2) is 0 Å². The van der Waals surface area contributed by atoms with E-state index < -0.39 is 0 Å². The molecule has 0 aliphatic rings. The molecule has 0 bridgehead atoms. The van der Waals surface area contributed by atoms with Crippen LogP contribution in [0.5, 0.6) is 5.75 Å². The molecule has 1 atom stereocenters. The normalized spacial score (nSPS) is 11.8. The van der Waals surface area contributed by atoms with Crippen molar-refractivity contribution in [2.24, 2.45) is 0 Å². The molecule has 0 aliphatic heterocycles. The molecule has 0 aliphatic carbocycles. The van der Waals surface area contributed by atoms with E-state index in [1.165, 1.54) is 5.56 Å². The zero-order valence-electron chi connectivity index (χ0n) is 10.6. The summed E-state index contributed by atoms with van der Waals surface area (Å²) in [6.45, 7) is 2.81. The summed E-state index contributed by atoms with van der Waals surface area (Å²) >= 11 is 0. The van der Waals surface area contributed by atoms with Crippen LogP contribution in [0.3, 0.4) is 0 Å². The van der Waals surface area contributed by atoms with Crippen LogP contribution in [0.25, 0.3) is 0 Å². The van der Waals surface area contributed by atoms with Crippen LogP contribution in [-0.2, 0) is 0 Å². The molecule has 1 rings (SSSR count). The van der Waals surface area contributed by atoms with Gasteiger partial charge in [0.15, 0.2) is 0 Å². The van der Waals surface area contributed by atoms with E-state index in [1.54, 1.807) is 0 Å². The van der Waals surface area contributed by atoms with Gasteiger partial charge in [-0.15, -0.1) is 0 Å². The third-order valence-corrected chi connectivity index (χ3v) is 2.76. The van der Waals surface area contributed by atoms with Crippen LogP contribution >= 0.6 is 0 Å². The lowest BCUT2D eigenvalue weighted by Crippen LogP contribution is -2.11. The zero-order chi connectivity index (χ0) is 12.5. The topological polar surface area (TPSA) is 45.0 Å². The van der Waals surface area contributed by atoms with Gasteiger partial charge >= 0.3 is 0 Å². The summed E-state index contributed by atoms with van der Waals surface area (Å²) in [5.74, 6) is 0.897. The summed E-state index contributed by atoms with van der Waals surface area (Å²) in [4.78, 5) is 0. The fourth-order valence-corrected chi connectivity index (χ4v) is 1.52. The van der Waals surface area contributed by atoms with E-state index in [-0.39, 0.29) is 0 Å². The van der Waals surface area contributed by atoms with E-state index in [9.17, 15) is 0 Å². The smallest absolute Gasteiger partial charge is 0.119 e. The van der Waals surface area contributed by atoms with Crippen LogP contribution in [0.15, 0.2) is 24.3 Å². The number of hydrogen-bond donors (Lipinski definition) is 1. The van der Waals surface area contributed by atoms with Crippen molar-refractivity contribution in [2.75, 3.05) is 13.7 Å². The Morgan fingerprint density at radius 1 is 1.29 bits per heavy atom. The molecule has 1 unspecified atom stereocenters. The van der Waals surface area contributed by atoms with Gasteiger partial charge in [-0.05, 0) is 44.5 Å². The lowest BCUT2D eigenvalue weighted by molar-refractivity contribution is 0.307. The number of ether oxygens (including phenoxy) is 1. The second-order valence-electron chi connectivity index (χ2n) is 4.04. The number of benzene rings is 1. The molecule has 3 heteroatoms. The minimum absolute atomic E-state index is 0.361. The molecule has 0 fully saturated rings. The Morgan fingerprint density at radius 2 is 2.00 bits per heavy atom. The highest BCUT2D eigenvalue weighted by Crippen LogP contribution is 2.17. The van der Waals surface area contributed by atoms with Crippen molar-refractivity contribution < 1.29 is 4.74 Å². The molecule has 1 aromatic carbocycles. The van der Waals surface area contributed by atoms with Crippen molar-refractivity contribution in [3.63, 3.8) is 0 Å². The predicted octanol–water partition coefficient (Wildman–Crippen LogP) is 3.04. The molecule has 17 heavy (non-hydrogen) atoms. The SMILES string of the molecule is CNC(C)c1ccc(OCCCCC#N)cc1. The molecule has 1 N–H and O–H groups in total. The lowest BCUT2D eigenvalue weighted by atomic mass is 10.1. The van der Waals surface area contributed by atoms with Crippen molar-refractivity contribution in [3.8, 4) is 11.8 Å². The number of hydrogen-bond acceptors (Lipinski definition) is 3. The molecule has 0 heterocycles. The maximum absolute atomic E-state index is 8.39. The van der Waals surface area contributed by atoms with Crippen molar-refractivity contribution in [1.82, 2.24) is 5.32 Å². The first-order valence-corrected chi connectivity index (χ1v) is 6.05. The molecule has 0 amide bonds. The van der Waals surface area contributed by atoms with E-state index in [2.05, 4.69) is 30.4 Å². The fourth-order valence-electron chi connectivity index (χ4n) is 1.52. The zero-order valence-corrected chi connectivity index (χ0v) is 10.6. The molecule has 1 aromatic rings. The Morgan fingerprint density at radius 3 is 2.59 bits per heavy atom. The van der Waals surface area contributed by atoms with Crippen LogP contribution in [0.2, 0.25) is 0 Å². The van der Waals surface area contributed by atoms with Crippen LogP contribution < -0.4 is 10.1 Å². The van der Waals surface area contributed by atoms with Crippen LogP contribution in [0.1, 0.15) is 37.8 Å². The van der Waals surface area contributed by atoms with Crippen molar-refractivity contribution in [1.29, 1.82) is 5.26 Å². The fraction of sp³-hybridized carbons (Fsp3) is 0.500.